The zero-order chi connectivity index (χ0) is 11.5. The molecule has 0 aliphatic carbocycles. The quantitative estimate of drug-likeness (QED) is 0.432. The molecule has 0 saturated heterocycles. The summed E-state index contributed by atoms with van der Waals surface area (Å²) in [5.74, 6) is 0.400. The molecule has 0 aliphatic heterocycles. The van der Waals surface area contributed by atoms with Crippen LogP contribution in [0.4, 0.5) is 0 Å². The number of amides is 1. The Balaban J connectivity index is 3.19. The van der Waals surface area contributed by atoms with Gasteiger partial charge in [0, 0.05) is 20.3 Å². The largest absolute Gasteiger partial charge is 0.385 e. The Morgan fingerprint density at radius 1 is 1.40 bits per heavy atom. The minimum Gasteiger partial charge on any atom is -0.385 e. The van der Waals surface area contributed by atoms with Crippen molar-refractivity contribution in [2.75, 3.05) is 33.4 Å². The van der Waals surface area contributed by atoms with E-state index >= 15 is 0 Å². The van der Waals surface area contributed by atoms with E-state index in [1.807, 2.05) is 13.8 Å². The van der Waals surface area contributed by atoms with E-state index in [-0.39, 0.29) is 12.5 Å². The van der Waals surface area contributed by atoms with Gasteiger partial charge >= 0.3 is 0 Å². The van der Waals surface area contributed by atoms with Gasteiger partial charge in [0.15, 0.2) is 0 Å². The summed E-state index contributed by atoms with van der Waals surface area (Å²) in [4.78, 5) is 16.2. The molecule has 0 aliphatic rings. The maximum atomic E-state index is 11.2. The summed E-state index contributed by atoms with van der Waals surface area (Å²) in [5.41, 5.74) is 2.61. The number of hydrogen-bond donors (Lipinski definition) is 2. The summed E-state index contributed by atoms with van der Waals surface area (Å²) in [6.07, 6.45) is 0.828. The molecule has 0 unspecified atom stereocenters. The molecule has 15 heavy (non-hydrogen) atoms. The molecule has 2 N–H and O–H groups in total. The predicted octanol–water partition coefficient (Wildman–Crippen LogP) is 0.316. The molecule has 0 bridgehead atoms. The van der Waals surface area contributed by atoms with Gasteiger partial charge < -0.3 is 14.9 Å². The smallest absolute Gasteiger partial charge is 0.236 e. The van der Waals surface area contributed by atoms with Gasteiger partial charge in [0.1, 0.15) is 0 Å². The van der Waals surface area contributed by atoms with E-state index in [2.05, 4.69) is 10.8 Å². The minimum atomic E-state index is -0.0603. The lowest BCUT2D eigenvalue weighted by Gasteiger charge is -2.08. The first-order valence-corrected chi connectivity index (χ1v) is 5.27. The highest BCUT2D eigenvalue weighted by atomic mass is 16.6. The highest BCUT2D eigenvalue weighted by molar-refractivity contribution is 5.77. The van der Waals surface area contributed by atoms with Crippen molar-refractivity contribution in [2.24, 2.45) is 5.92 Å². The molecule has 0 saturated carbocycles. The third kappa shape index (κ3) is 11.3. The van der Waals surface area contributed by atoms with Crippen molar-refractivity contribution in [2.45, 2.75) is 20.3 Å². The van der Waals surface area contributed by atoms with Crippen LogP contribution in [0, 0.1) is 5.92 Å². The first-order chi connectivity index (χ1) is 7.16. The first-order valence-electron chi connectivity index (χ1n) is 5.27. The van der Waals surface area contributed by atoms with E-state index in [1.54, 1.807) is 7.11 Å². The number of hydrogen-bond acceptors (Lipinski definition) is 4. The van der Waals surface area contributed by atoms with Gasteiger partial charge in [-0.1, -0.05) is 13.8 Å². The van der Waals surface area contributed by atoms with Crippen LogP contribution in [-0.4, -0.2) is 39.3 Å². The maximum Gasteiger partial charge on any atom is 0.236 e. The highest BCUT2D eigenvalue weighted by Crippen LogP contribution is 1.89. The topological polar surface area (TPSA) is 59.6 Å². The molecule has 0 aromatic heterocycles. The molecular formula is C10H22N2O3. The molecule has 5 nitrogen and oxygen atoms in total. The van der Waals surface area contributed by atoms with Crippen molar-refractivity contribution in [1.82, 2.24) is 10.8 Å². The van der Waals surface area contributed by atoms with Crippen molar-refractivity contribution < 1.29 is 14.4 Å². The average molecular weight is 218 g/mol. The number of ether oxygens (including phenoxy) is 1. The minimum absolute atomic E-state index is 0.0603. The third-order valence-corrected chi connectivity index (χ3v) is 1.60. The highest BCUT2D eigenvalue weighted by Gasteiger charge is 2.00. The fourth-order valence-corrected chi connectivity index (χ4v) is 0.849. The molecule has 1 amide bonds. The van der Waals surface area contributed by atoms with Crippen LogP contribution in [-0.2, 0) is 14.4 Å². The van der Waals surface area contributed by atoms with Gasteiger partial charge in [-0.15, -0.1) is 0 Å². The number of carbonyl (C=O) groups excluding carboxylic acids is 1. The Labute approximate surface area is 91.5 Å². The van der Waals surface area contributed by atoms with Crippen LogP contribution in [0.1, 0.15) is 20.3 Å². The molecule has 5 heteroatoms. The van der Waals surface area contributed by atoms with Crippen molar-refractivity contribution in [3.8, 4) is 0 Å². The van der Waals surface area contributed by atoms with Crippen LogP contribution in [0.25, 0.3) is 0 Å². The predicted molar refractivity (Wildman–Crippen MR) is 58.3 cm³/mol. The second kappa shape index (κ2) is 9.89. The zero-order valence-electron chi connectivity index (χ0n) is 9.84. The monoisotopic (exact) mass is 218 g/mol. The molecule has 0 radical (unpaired) electrons. The normalized spacial score (nSPS) is 10.7. The summed E-state index contributed by atoms with van der Waals surface area (Å²) >= 11 is 0. The van der Waals surface area contributed by atoms with Crippen molar-refractivity contribution in [3.05, 3.63) is 0 Å². The Morgan fingerprint density at radius 3 is 2.73 bits per heavy atom. The van der Waals surface area contributed by atoms with Gasteiger partial charge in [0.05, 0.1) is 13.2 Å². The molecule has 0 heterocycles. The Kier molecular flexibility index (Phi) is 9.46. The molecule has 0 aromatic carbocycles. The fourth-order valence-electron chi connectivity index (χ4n) is 0.849. The summed E-state index contributed by atoms with van der Waals surface area (Å²) < 4.78 is 4.86. The maximum absolute atomic E-state index is 11.2. The Morgan fingerprint density at radius 2 is 2.13 bits per heavy atom. The number of hydroxylamine groups is 1. The van der Waals surface area contributed by atoms with Gasteiger partial charge in [-0.3, -0.25) is 4.79 Å². The van der Waals surface area contributed by atoms with Gasteiger partial charge in [-0.05, 0) is 12.3 Å². The lowest BCUT2D eigenvalue weighted by Crippen LogP contribution is -2.35. The Hall–Kier alpha value is -0.650. The number of rotatable bonds is 9. The molecule has 0 fully saturated rings. The van der Waals surface area contributed by atoms with Crippen molar-refractivity contribution >= 4 is 5.91 Å². The number of methoxy groups -OCH3 is 1. The second-order valence-electron chi connectivity index (χ2n) is 3.72. The van der Waals surface area contributed by atoms with E-state index < -0.39 is 0 Å². The van der Waals surface area contributed by atoms with Crippen molar-refractivity contribution in [3.63, 3.8) is 0 Å². The van der Waals surface area contributed by atoms with Gasteiger partial charge in [-0.25, -0.2) is 0 Å². The van der Waals surface area contributed by atoms with E-state index in [0.29, 0.717) is 25.7 Å². The molecule has 0 spiro atoms. The van der Waals surface area contributed by atoms with E-state index in [1.165, 1.54) is 0 Å². The van der Waals surface area contributed by atoms with Crippen molar-refractivity contribution in [1.29, 1.82) is 0 Å². The summed E-state index contributed by atoms with van der Waals surface area (Å²) in [7, 11) is 1.64. The molecule has 0 rings (SSSR count). The fraction of sp³-hybridized carbons (Fsp3) is 0.900. The van der Waals surface area contributed by atoms with Crippen LogP contribution >= 0.6 is 0 Å². The third-order valence-electron chi connectivity index (χ3n) is 1.60. The van der Waals surface area contributed by atoms with Crippen LogP contribution in [0.15, 0.2) is 0 Å². The summed E-state index contributed by atoms with van der Waals surface area (Å²) in [6.45, 7) is 6.20. The lowest BCUT2D eigenvalue weighted by atomic mass is 10.2. The van der Waals surface area contributed by atoms with Crippen LogP contribution in [0.2, 0.25) is 0 Å². The molecule has 90 valence electrons. The van der Waals surface area contributed by atoms with Gasteiger partial charge in [0.2, 0.25) is 5.91 Å². The number of carbonyl (C=O) groups is 1. The second-order valence-corrected chi connectivity index (χ2v) is 3.72. The SMILES string of the molecule is COCCCNC(=O)CNOCC(C)C. The van der Waals surface area contributed by atoms with E-state index in [4.69, 9.17) is 9.57 Å². The van der Waals surface area contributed by atoms with Crippen LogP contribution in [0.3, 0.4) is 0 Å². The summed E-state index contributed by atoms with van der Waals surface area (Å²) in [5, 5.41) is 2.74. The van der Waals surface area contributed by atoms with E-state index in [9.17, 15) is 4.79 Å². The molecular weight excluding hydrogens is 196 g/mol. The van der Waals surface area contributed by atoms with Gasteiger partial charge in [-0.2, -0.15) is 5.48 Å². The van der Waals surface area contributed by atoms with Crippen LogP contribution < -0.4 is 10.8 Å². The molecule has 0 atom stereocenters. The van der Waals surface area contributed by atoms with Gasteiger partial charge in [0.25, 0.3) is 0 Å². The summed E-state index contributed by atoms with van der Waals surface area (Å²) in [6, 6.07) is 0. The lowest BCUT2D eigenvalue weighted by molar-refractivity contribution is -0.123. The average Bonchev–Trinajstić information content (AvgIpc) is 2.19. The number of nitrogens with one attached hydrogen (secondary N) is 2. The molecule has 0 aromatic rings. The Bertz CT molecular complexity index is 163. The zero-order valence-corrected chi connectivity index (χ0v) is 9.84. The van der Waals surface area contributed by atoms with E-state index in [0.717, 1.165) is 6.42 Å². The van der Waals surface area contributed by atoms with Crippen LogP contribution in [0.5, 0.6) is 0 Å². The first kappa shape index (κ1) is 14.3. The standard InChI is InChI=1S/C10H22N2O3/c1-9(2)8-15-12-7-10(13)11-5-4-6-14-3/h9,12H,4-8H2,1-3H3,(H,11,13).